The molecule has 2 rings (SSSR count). The normalized spacial score (nSPS) is 19.7. The van der Waals surface area contributed by atoms with Gasteiger partial charge in [0.15, 0.2) is 0 Å². The number of halogens is 2. The highest BCUT2D eigenvalue weighted by Gasteiger charge is 2.43. The lowest BCUT2D eigenvalue weighted by molar-refractivity contribution is -0.150. The summed E-state index contributed by atoms with van der Waals surface area (Å²) in [6, 6.07) is 3.87. The Bertz CT molecular complexity index is 474. The fourth-order valence-corrected chi connectivity index (χ4v) is 2.82. The first-order valence-electron chi connectivity index (χ1n) is 5.90. The van der Waals surface area contributed by atoms with Crippen LogP contribution in [0, 0.1) is 5.82 Å². The van der Waals surface area contributed by atoms with E-state index in [1.807, 2.05) is 4.90 Å². The van der Waals surface area contributed by atoms with E-state index in [0.717, 1.165) is 32.0 Å². The molecule has 1 aliphatic heterocycles. The van der Waals surface area contributed by atoms with E-state index in [9.17, 15) is 14.3 Å². The Balaban J connectivity index is 2.49. The number of nitrogens with zero attached hydrogens (tertiary/aromatic N) is 1. The minimum absolute atomic E-state index is 0.159. The maximum absolute atomic E-state index is 13.1. The third-order valence-corrected chi connectivity index (χ3v) is 3.92. The number of benzene rings is 1. The third-order valence-electron chi connectivity index (χ3n) is 3.61. The van der Waals surface area contributed by atoms with Crippen molar-refractivity contribution < 1.29 is 14.3 Å². The topological polar surface area (TPSA) is 40.5 Å². The molecule has 0 amide bonds. The first kappa shape index (κ1) is 13.3. The molecule has 1 aromatic rings. The van der Waals surface area contributed by atoms with Gasteiger partial charge in [0.2, 0.25) is 0 Å². The van der Waals surface area contributed by atoms with Crippen molar-refractivity contribution in [3.8, 4) is 0 Å². The van der Waals surface area contributed by atoms with Crippen LogP contribution in [0.1, 0.15) is 25.3 Å². The van der Waals surface area contributed by atoms with Gasteiger partial charge in [-0.15, -0.1) is 0 Å². The fraction of sp³-hybridized carbons (Fsp3) is 0.462. The Morgan fingerprint density at radius 2 is 2.06 bits per heavy atom. The smallest absolute Gasteiger partial charge is 0.328 e. The molecule has 0 radical (unpaired) electrons. The standard InChI is InChI=1S/C13H15ClFNO2/c1-13(12(17)18,16-6-2-3-7-16)10-5-4-9(15)8-11(10)14/h4-5,8H,2-3,6-7H2,1H3,(H,17,18). The zero-order valence-electron chi connectivity index (χ0n) is 10.1. The van der Waals surface area contributed by atoms with Crippen LogP contribution in [0.5, 0.6) is 0 Å². The minimum atomic E-state index is -1.19. The van der Waals surface area contributed by atoms with E-state index in [-0.39, 0.29) is 5.02 Å². The van der Waals surface area contributed by atoms with Gasteiger partial charge >= 0.3 is 5.97 Å². The summed E-state index contributed by atoms with van der Waals surface area (Å²) in [5.74, 6) is -1.42. The van der Waals surface area contributed by atoms with E-state index in [0.29, 0.717) is 5.56 Å². The zero-order chi connectivity index (χ0) is 13.3. The number of aliphatic carboxylic acids is 1. The summed E-state index contributed by atoms with van der Waals surface area (Å²) in [5, 5.41) is 9.71. The predicted molar refractivity (Wildman–Crippen MR) is 67.2 cm³/mol. The SMILES string of the molecule is CC(C(=O)O)(c1ccc(F)cc1Cl)N1CCCC1. The summed E-state index contributed by atoms with van der Waals surface area (Å²) in [5.41, 5.74) is -0.749. The number of carboxylic acids is 1. The van der Waals surface area contributed by atoms with Crippen LogP contribution < -0.4 is 0 Å². The second kappa shape index (κ2) is 4.86. The maximum atomic E-state index is 13.1. The van der Waals surface area contributed by atoms with Crippen LogP contribution in [0.15, 0.2) is 18.2 Å². The molecular weight excluding hydrogens is 257 g/mol. The van der Waals surface area contributed by atoms with E-state index in [1.165, 1.54) is 12.1 Å². The predicted octanol–water partition coefficient (Wildman–Crippen LogP) is 2.87. The monoisotopic (exact) mass is 271 g/mol. The quantitative estimate of drug-likeness (QED) is 0.919. The highest BCUT2D eigenvalue weighted by molar-refractivity contribution is 6.31. The van der Waals surface area contributed by atoms with Gasteiger partial charge in [0.05, 0.1) is 0 Å². The van der Waals surface area contributed by atoms with Gasteiger partial charge in [0.25, 0.3) is 0 Å². The minimum Gasteiger partial charge on any atom is -0.480 e. The lowest BCUT2D eigenvalue weighted by atomic mass is 9.90. The molecule has 0 saturated carbocycles. The molecule has 3 nitrogen and oxygen atoms in total. The molecule has 1 unspecified atom stereocenters. The summed E-state index contributed by atoms with van der Waals surface area (Å²) in [6.45, 7) is 3.06. The van der Waals surface area contributed by atoms with Gasteiger partial charge < -0.3 is 5.11 Å². The van der Waals surface area contributed by atoms with Crippen molar-refractivity contribution in [3.05, 3.63) is 34.6 Å². The van der Waals surface area contributed by atoms with Crippen molar-refractivity contribution in [2.45, 2.75) is 25.3 Å². The number of carbonyl (C=O) groups is 1. The van der Waals surface area contributed by atoms with E-state index in [4.69, 9.17) is 11.6 Å². The Hall–Kier alpha value is -1.13. The van der Waals surface area contributed by atoms with E-state index < -0.39 is 17.3 Å². The lowest BCUT2D eigenvalue weighted by Crippen LogP contribution is -2.48. The second-order valence-electron chi connectivity index (χ2n) is 4.70. The summed E-state index contributed by atoms with van der Waals surface area (Å²) in [7, 11) is 0. The van der Waals surface area contributed by atoms with Crippen molar-refractivity contribution >= 4 is 17.6 Å². The van der Waals surface area contributed by atoms with Crippen LogP contribution >= 0.6 is 11.6 Å². The summed E-state index contributed by atoms with van der Waals surface area (Å²) < 4.78 is 13.1. The van der Waals surface area contributed by atoms with E-state index in [1.54, 1.807) is 6.92 Å². The van der Waals surface area contributed by atoms with Crippen LogP contribution in [0.3, 0.4) is 0 Å². The zero-order valence-corrected chi connectivity index (χ0v) is 10.9. The Morgan fingerprint density at radius 1 is 1.44 bits per heavy atom. The van der Waals surface area contributed by atoms with Crippen molar-refractivity contribution in [1.82, 2.24) is 4.90 Å². The number of hydrogen-bond acceptors (Lipinski definition) is 2. The fourth-order valence-electron chi connectivity index (χ4n) is 2.47. The molecule has 1 saturated heterocycles. The molecule has 1 N–H and O–H groups in total. The summed E-state index contributed by atoms with van der Waals surface area (Å²) >= 11 is 6.01. The molecule has 98 valence electrons. The Morgan fingerprint density at radius 3 is 2.56 bits per heavy atom. The molecule has 1 aliphatic rings. The van der Waals surface area contributed by atoms with Crippen molar-refractivity contribution in [1.29, 1.82) is 0 Å². The molecule has 0 bridgehead atoms. The second-order valence-corrected chi connectivity index (χ2v) is 5.10. The van der Waals surface area contributed by atoms with Crippen LogP contribution in [-0.4, -0.2) is 29.1 Å². The highest BCUT2D eigenvalue weighted by Crippen LogP contribution is 2.36. The van der Waals surface area contributed by atoms with Gasteiger partial charge in [-0.05, 0) is 45.0 Å². The van der Waals surface area contributed by atoms with Crippen LogP contribution in [0.4, 0.5) is 4.39 Å². The molecule has 1 atom stereocenters. The Labute approximate surface area is 110 Å². The van der Waals surface area contributed by atoms with Crippen molar-refractivity contribution in [2.24, 2.45) is 0 Å². The lowest BCUT2D eigenvalue weighted by Gasteiger charge is -2.35. The van der Waals surface area contributed by atoms with Gasteiger partial charge in [-0.25, -0.2) is 9.18 Å². The molecule has 0 aromatic heterocycles. The third kappa shape index (κ3) is 2.10. The van der Waals surface area contributed by atoms with Crippen LogP contribution in [-0.2, 0) is 10.3 Å². The number of carboxylic acid groups (broad SMARTS) is 1. The van der Waals surface area contributed by atoms with Gasteiger partial charge in [-0.2, -0.15) is 0 Å². The van der Waals surface area contributed by atoms with Gasteiger partial charge in [-0.3, -0.25) is 4.90 Å². The summed E-state index contributed by atoms with van der Waals surface area (Å²) in [6.07, 6.45) is 1.95. The first-order valence-corrected chi connectivity index (χ1v) is 6.28. The number of hydrogen-bond donors (Lipinski definition) is 1. The van der Waals surface area contributed by atoms with Crippen LogP contribution in [0.2, 0.25) is 5.02 Å². The molecule has 5 heteroatoms. The number of likely N-dealkylation sites (tertiary alicyclic amines) is 1. The highest BCUT2D eigenvalue weighted by atomic mass is 35.5. The van der Waals surface area contributed by atoms with E-state index in [2.05, 4.69) is 0 Å². The largest absolute Gasteiger partial charge is 0.480 e. The molecule has 1 heterocycles. The van der Waals surface area contributed by atoms with Crippen LogP contribution in [0.25, 0.3) is 0 Å². The summed E-state index contributed by atoms with van der Waals surface area (Å²) in [4.78, 5) is 13.5. The Kier molecular flexibility index (Phi) is 3.59. The van der Waals surface area contributed by atoms with Crippen molar-refractivity contribution in [3.63, 3.8) is 0 Å². The maximum Gasteiger partial charge on any atom is 0.328 e. The average Bonchev–Trinajstić information content (AvgIpc) is 2.81. The number of rotatable bonds is 3. The van der Waals surface area contributed by atoms with Crippen molar-refractivity contribution in [2.75, 3.05) is 13.1 Å². The molecule has 18 heavy (non-hydrogen) atoms. The van der Waals surface area contributed by atoms with E-state index >= 15 is 0 Å². The molecule has 1 fully saturated rings. The van der Waals surface area contributed by atoms with Gasteiger partial charge in [0.1, 0.15) is 11.4 Å². The van der Waals surface area contributed by atoms with Gasteiger partial charge in [-0.1, -0.05) is 17.7 Å². The molecular formula is C13H15ClFNO2. The average molecular weight is 272 g/mol. The molecule has 0 spiro atoms. The first-order chi connectivity index (χ1) is 8.46. The molecule has 1 aromatic carbocycles. The molecule has 0 aliphatic carbocycles. The van der Waals surface area contributed by atoms with Gasteiger partial charge in [0, 0.05) is 10.6 Å².